The average Bonchev–Trinajstić information content (AvgIpc) is 3.24. The Bertz CT molecular complexity index is 1460. The number of rotatable bonds is 4. The number of nitrogens with one attached hydrogen (secondary N) is 3. The molecule has 1 unspecified atom stereocenters. The maximum atomic E-state index is 13.4. The third-order valence-corrected chi connectivity index (χ3v) is 7.64. The van der Waals surface area contributed by atoms with Crippen LogP contribution in [0, 0.1) is 6.92 Å². The van der Waals surface area contributed by atoms with Crippen LogP contribution in [0.1, 0.15) is 28.1 Å². The number of carbonyl (C=O) groups is 2. The third-order valence-electron chi connectivity index (χ3n) is 6.54. The first kappa shape index (κ1) is 21.8. The van der Waals surface area contributed by atoms with Crippen LogP contribution in [0.2, 0.25) is 0 Å². The number of aryl methyl sites for hydroxylation is 1. The van der Waals surface area contributed by atoms with E-state index in [1.165, 1.54) is 16.9 Å². The van der Waals surface area contributed by atoms with E-state index < -0.39 is 0 Å². The van der Waals surface area contributed by atoms with Crippen molar-refractivity contribution < 1.29 is 9.59 Å². The summed E-state index contributed by atoms with van der Waals surface area (Å²) in [4.78, 5) is 34.0. The summed E-state index contributed by atoms with van der Waals surface area (Å²) >= 11 is 1.32. The van der Waals surface area contributed by atoms with Crippen molar-refractivity contribution >= 4 is 50.6 Å². The van der Waals surface area contributed by atoms with Gasteiger partial charge in [-0.05, 0) is 55.6 Å². The number of amides is 3. The van der Waals surface area contributed by atoms with Crippen LogP contribution in [-0.2, 0) is 0 Å². The van der Waals surface area contributed by atoms with E-state index in [-0.39, 0.29) is 18.0 Å². The number of aromatic nitrogens is 1. The summed E-state index contributed by atoms with van der Waals surface area (Å²) in [6, 6.07) is 17.9. The van der Waals surface area contributed by atoms with E-state index in [0.717, 1.165) is 58.6 Å². The van der Waals surface area contributed by atoms with Gasteiger partial charge in [-0.2, -0.15) is 0 Å². The van der Waals surface area contributed by atoms with Gasteiger partial charge in [0.05, 0.1) is 22.4 Å². The SMILES string of the molecule is Cc1cccc(-c2cccc(N3C(=O)Nc4c(C(=O)NC5CCCNC5)sc5nccc3c45)c2)c1. The second-order valence-electron chi connectivity index (χ2n) is 9.02. The molecule has 2 aliphatic rings. The lowest BCUT2D eigenvalue weighted by atomic mass is 10.0. The zero-order chi connectivity index (χ0) is 23.9. The highest BCUT2D eigenvalue weighted by molar-refractivity contribution is 7.21. The zero-order valence-electron chi connectivity index (χ0n) is 19.3. The van der Waals surface area contributed by atoms with E-state index in [9.17, 15) is 9.59 Å². The third kappa shape index (κ3) is 3.94. The lowest BCUT2D eigenvalue weighted by Crippen LogP contribution is -2.45. The first-order chi connectivity index (χ1) is 17.1. The van der Waals surface area contributed by atoms with Crippen LogP contribution < -0.4 is 20.9 Å². The first-order valence-electron chi connectivity index (χ1n) is 11.8. The summed E-state index contributed by atoms with van der Waals surface area (Å²) in [6.07, 6.45) is 3.67. The molecule has 2 aromatic heterocycles. The summed E-state index contributed by atoms with van der Waals surface area (Å²) < 4.78 is 0. The molecular weight excluding hydrogens is 458 g/mol. The van der Waals surface area contributed by atoms with Crippen molar-refractivity contribution in [2.45, 2.75) is 25.8 Å². The quantitative estimate of drug-likeness (QED) is 0.361. The number of carbonyl (C=O) groups excluding carboxylic acids is 2. The minimum atomic E-state index is -0.293. The molecule has 176 valence electrons. The molecular formula is C27H25N5O2S. The van der Waals surface area contributed by atoms with Gasteiger partial charge < -0.3 is 16.0 Å². The van der Waals surface area contributed by atoms with Gasteiger partial charge in [0.25, 0.3) is 5.91 Å². The number of anilines is 3. The van der Waals surface area contributed by atoms with E-state index in [1.54, 1.807) is 11.1 Å². The first-order valence-corrected chi connectivity index (χ1v) is 12.6. The van der Waals surface area contributed by atoms with Gasteiger partial charge in [0.1, 0.15) is 9.71 Å². The highest BCUT2D eigenvalue weighted by atomic mass is 32.1. The number of piperidine rings is 1. The van der Waals surface area contributed by atoms with Crippen molar-refractivity contribution in [2.24, 2.45) is 0 Å². The number of nitrogens with zero attached hydrogens (tertiary/aromatic N) is 2. The van der Waals surface area contributed by atoms with Crippen LogP contribution in [0.15, 0.2) is 60.8 Å². The number of hydrogen-bond donors (Lipinski definition) is 3. The van der Waals surface area contributed by atoms with Crippen LogP contribution >= 0.6 is 11.3 Å². The average molecular weight is 484 g/mol. The van der Waals surface area contributed by atoms with E-state index in [2.05, 4.69) is 46.1 Å². The van der Waals surface area contributed by atoms with Crippen LogP contribution in [0.4, 0.5) is 21.9 Å². The smallest absolute Gasteiger partial charge is 0.331 e. The lowest BCUT2D eigenvalue weighted by Gasteiger charge is -2.29. The molecule has 0 aliphatic carbocycles. The van der Waals surface area contributed by atoms with Gasteiger partial charge in [-0.15, -0.1) is 11.3 Å². The predicted octanol–water partition coefficient (Wildman–Crippen LogP) is 5.44. The van der Waals surface area contributed by atoms with Gasteiger partial charge in [-0.25, -0.2) is 9.78 Å². The standard InChI is InChI=1S/C27H25N5O2S/c1-16-5-2-6-17(13-16)18-7-3-9-20(14-18)32-21-10-12-29-26-22(21)23(31-27(32)34)24(35-26)25(33)30-19-8-4-11-28-15-19/h2-3,5-7,9-10,12-14,19,28H,4,8,11,15H2,1H3,(H,30,33)(H,31,34). The molecule has 1 saturated heterocycles. The Kier molecular flexibility index (Phi) is 5.47. The number of urea groups is 1. The molecule has 7 nitrogen and oxygen atoms in total. The van der Waals surface area contributed by atoms with Gasteiger partial charge in [0.2, 0.25) is 0 Å². The molecule has 0 saturated carbocycles. The van der Waals surface area contributed by atoms with Crippen LogP contribution in [0.5, 0.6) is 0 Å². The Morgan fingerprint density at radius 3 is 2.77 bits per heavy atom. The number of thiophene rings is 1. The maximum Gasteiger partial charge on any atom is 0.331 e. The topological polar surface area (TPSA) is 86.4 Å². The maximum absolute atomic E-state index is 13.4. The number of hydrogen-bond acceptors (Lipinski definition) is 5. The molecule has 4 aromatic rings. The fraction of sp³-hybridized carbons (Fsp3) is 0.222. The van der Waals surface area contributed by atoms with Gasteiger partial charge >= 0.3 is 6.03 Å². The predicted molar refractivity (Wildman–Crippen MR) is 141 cm³/mol. The van der Waals surface area contributed by atoms with Crippen molar-refractivity contribution in [1.82, 2.24) is 15.6 Å². The molecule has 2 aliphatic heterocycles. The van der Waals surface area contributed by atoms with Crippen LogP contribution in [0.25, 0.3) is 21.3 Å². The summed E-state index contributed by atoms with van der Waals surface area (Å²) in [6.45, 7) is 3.80. The Morgan fingerprint density at radius 2 is 1.97 bits per heavy atom. The van der Waals surface area contributed by atoms with Crippen molar-refractivity contribution in [3.8, 4) is 11.1 Å². The molecule has 2 aromatic carbocycles. The Labute approximate surface area is 207 Å². The van der Waals surface area contributed by atoms with E-state index >= 15 is 0 Å². The van der Waals surface area contributed by atoms with Crippen LogP contribution in [-0.4, -0.2) is 36.1 Å². The molecule has 35 heavy (non-hydrogen) atoms. The molecule has 6 rings (SSSR count). The molecule has 0 spiro atoms. The highest BCUT2D eigenvalue weighted by Crippen LogP contribution is 2.46. The number of pyridine rings is 1. The monoisotopic (exact) mass is 483 g/mol. The minimum Gasteiger partial charge on any atom is -0.347 e. The van der Waals surface area contributed by atoms with Crippen molar-refractivity contribution in [3.63, 3.8) is 0 Å². The molecule has 3 amide bonds. The fourth-order valence-electron chi connectivity index (χ4n) is 4.88. The number of benzene rings is 2. The largest absolute Gasteiger partial charge is 0.347 e. The van der Waals surface area contributed by atoms with Crippen molar-refractivity contribution in [1.29, 1.82) is 0 Å². The molecule has 4 heterocycles. The van der Waals surface area contributed by atoms with E-state index in [1.807, 2.05) is 36.4 Å². The van der Waals surface area contributed by atoms with Gasteiger partial charge in [0.15, 0.2) is 0 Å². The molecule has 1 atom stereocenters. The second-order valence-corrected chi connectivity index (χ2v) is 10.0. The van der Waals surface area contributed by atoms with Gasteiger partial charge in [0, 0.05) is 18.8 Å². The van der Waals surface area contributed by atoms with E-state index in [0.29, 0.717) is 10.6 Å². The Hall–Kier alpha value is -3.75. The Morgan fingerprint density at radius 1 is 1.14 bits per heavy atom. The molecule has 0 radical (unpaired) electrons. The summed E-state index contributed by atoms with van der Waals surface area (Å²) in [5, 5.41) is 10.2. The van der Waals surface area contributed by atoms with Gasteiger partial charge in [-0.1, -0.05) is 42.0 Å². The zero-order valence-corrected chi connectivity index (χ0v) is 20.1. The van der Waals surface area contributed by atoms with E-state index in [4.69, 9.17) is 0 Å². The summed E-state index contributed by atoms with van der Waals surface area (Å²) in [5.74, 6) is -0.169. The second kappa shape index (κ2) is 8.79. The fourth-order valence-corrected chi connectivity index (χ4v) is 5.90. The summed E-state index contributed by atoms with van der Waals surface area (Å²) in [7, 11) is 0. The molecule has 3 N–H and O–H groups in total. The highest BCUT2D eigenvalue weighted by Gasteiger charge is 2.33. The molecule has 0 bridgehead atoms. The van der Waals surface area contributed by atoms with Gasteiger partial charge in [-0.3, -0.25) is 9.69 Å². The van der Waals surface area contributed by atoms with Crippen molar-refractivity contribution in [3.05, 3.63) is 71.2 Å². The van der Waals surface area contributed by atoms with Crippen LogP contribution in [0.3, 0.4) is 0 Å². The lowest BCUT2D eigenvalue weighted by molar-refractivity contribution is 0.0935. The summed E-state index contributed by atoms with van der Waals surface area (Å²) in [5.41, 5.74) is 5.33. The molecule has 8 heteroatoms. The van der Waals surface area contributed by atoms with Crippen molar-refractivity contribution in [2.75, 3.05) is 23.3 Å². The minimum absolute atomic E-state index is 0.0845. The molecule has 1 fully saturated rings. The normalized spacial score (nSPS) is 17.3. The Balaban J connectivity index is 1.40.